The van der Waals surface area contributed by atoms with Crippen molar-refractivity contribution in [2.75, 3.05) is 18.1 Å². The highest BCUT2D eigenvalue weighted by Gasteiger charge is 2.25. The maximum Gasteiger partial charge on any atom is 0.343 e. The number of ether oxygens (including phenoxy) is 4. The normalized spacial score (nSPS) is 12.3. The Labute approximate surface area is 224 Å². The van der Waals surface area contributed by atoms with E-state index in [1.54, 1.807) is 24.3 Å². The molecule has 0 N–H and O–H groups in total. The van der Waals surface area contributed by atoms with Gasteiger partial charge in [0.25, 0.3) is 11.8 Å². The summed E-state index contributed by atoms with van der Waals surface area (Å²) in [6, 6.07) is 18.5. The number of hydrogen-bond acceptors (Lipinski definition) is 8. The highest BCUT2D eigenvalue weighted by atomic mass is 16.5. The van der Waals surface area contributed by atoms with Gasteiger partial charge < -0.3 is 18.9 Å². The zero-order chi connectivity index (χ0) is 27.6. The van der Waals surface area contributed by atoms with Crippen LogP contribution >= 0.6 is 0 Å². The number of imide groups is 1. The van der Waals surface area contributed by atoms with E-state index in [9.17, 15) is 19.2 Å². The molecule has 0 aliphatic carbocycles. The predicted octanol–water partition coefficient (Wildman–Crippen LogP) is 4.87. The molecule has 3 aromatic carbocycles. The van der Waals surface area contributed by atoms with Crippen LogP contribution in [0.15, 0.2) is 97.8 Å². The first kappa shape index (κ1) is 26.9. The molecule has 0 unspecified atom stereocenters. The number of benzene rings is 3. The molecule has 1 aliphatic rings. The fourth-order valence-electron chi connectivity index (χ4n) is 3.56. The number of hydrogen-bond donors (Lipinski definition) is 0. The molecule has 0 spiro atoms. The summed E-state index contributed by atoms with van der Waals surface area (Å²) in [6.07, 6.45) is 5.46. The lowest BCUT2D eigenvalue weighted by Crippen LogP contribution is -2.29. The molecule has 4 rings (SSSR count). The van der Waals surface area contributed by atoms with Gasteiger partial charge in [0.1, 0.15) is 17.2 Å². The summed E-state index contributed by atoms with van der Waals surface area (Å²) >= 11 is 0. The molecule has 0 bridgehead atoms. The van der Waals surface area contributed by atoms with Crippen LogP contribution in [0.4, 0.5) is 5.69 Å². The lowest BCUT2D eigenvalue weighted by atomic mass is 10.2. The minimum atomic E-state index is -0.629. The quantitative estimate of drug-likeness (QED) is 0.108. The Bertz CT molecular complexity index is 1360. The second-order valence-corrected chi connectivity index (χ2v) is 8.26. The largest absolute Gasteiger partial charge is 0.502 e. The minimum absolute atomic E-state index is 0.232. The Morgan fingerprint density at radius 1 is 0.667 bits per heavy atom. The Morgan fingerprint density at radius 2 is 1.13 bits per heavy atom. The maximum absolute atomic E-state index is 12.5. The van der Waals surface area contributed by atoms with Gasteiger partial charge >= 0.3 is 11.9 Å². The molecule has 198 valence electrons. The van der Waals surface area contributed by atoms with Crippen LogP contribution in [0.2, 0.25) is 0 Å². The maximum atomic E-state index is 12.5. The first-order valence-corrected chi connectivity index (χ1v) is 12.1. The van der Waals surface area contributed by atoms with Crippen LogP contribution in [0.3, 0.4) is 0 Å². The number of rotatable bonds is 12. The van der Waals surface area contributed by atoms with Gasteiger partial charge in [0.2, 0.25) is 0 Å². The van der Waals surface area contributed by atoms with Gasteiger partial charge in [-0.2, -0.15) is 0 Å². The lowest BCUT2D eigenvalue weighted by molar-refractivity contribution is -0.120. The fraction of sp³-hybridized carbons (Fsp3) is 0.133. The average Bonchev–Trinajstić information content (AvgIpc) is 3.29. The van der Waals surface area contributed by atoms with Crippen molar-refractivity contribution in [3.63, 3.8) is 0 Å². The Balaban J connectivity index is 1.25. The van der Waals surface area contributed by atoms with E-state index >= 15 is 0 Å². The first-order chi connectivity index (χ1) is 18.9. The van der Waals surface area contributed by atoms with Crippen LogP contribution in [-0.4, -0.2) is 37.0 Å². The summed E-state index contributed by atoms with van der Waals surface area (Å²) < 4.78 is 21.5. The molecular formula is C30H25NO8. The third kappa shape index (κ3) is 7.20. The highest BCUT2D eigenvalue weighted by Crippen LogP contribution is 2.23. The van der Waals surface area contributed by atoms with Gasteiger partial charge in [-0.05, 0) is 85.6 Å². The van der Waals surface area contributed by atoms with Gasteiger partial charge in [-0.3, -0.25) is 9.59 Å². The van der Waals surface area contributed by atoms with Crippen molar-refractivity contribution in [2.24, 2.45) is 0 Å². The van der Waals surface area contributed by atoms with Gasteiger partial charge in [0, 0.05) is 12.2 Å². The van der Waals surface area contributed by atoms with Gasteiger partial charge in [0.15, 0.2) is 0 Å². The summed E-state index contributed by atoms with van der Waals surface area (Å²) in [6.45, 7) is 4.62. The van der Waals surface area contributed by atoms with Crippen molar-refractivity contribution in [1.29, 1.82) is 0 Å². The van der Waals surface area contributed by atoms with Crippen molar-refractivity contribution in [3.05, 3.63) is 109 Å². The van der Waals surface area contributed by atoms with Gasteiger partial charge in [-0.15, -0.1) is 0 Å². The van der Waals surface area contributed by atoms with E-state index in [0.717, 1.165) is 17.7 Å². The van der Waals surface area contributed by atoms with E-state index in [1.807, 2.05) is 0 Å². The second kappa shape index (κ2) is 12.9. The van der Waals surface area contributed by atoms with Crippen molar-refractivity contribution in [3.8, 4) is 17.2 Å². The molecular weight excluding hydrogens is 502 g/mol. The summed E-state index contributed by atoms with van der Waals surface area (Å²) in [5.74, 6) is -0.893. The molecule has 39 heavy (non-hydrogen) atoms. The number of carbonyl (C=O) groups excluding carboxylic acids is 4. The summed E-state index contributed by atoms with van der Waals surface area (Å²) in [4.78, 5) is 49.5. The molecule has 2 amide bonds. The topological polar surface area (TPSA) is 108 Å². The minimum Gasteiger partial charge on any atom is -0.502 e. The van der Waals surface area contributed by atoms with Crippen LogP contribution in [0.5, 0.6) is 17.2 Å². The molecule has 0 radical (unpaired) electrons. The standard InChI is InChI=1S/C30H25NO8/c1-2-36-19-3-4-20-37-24-11-7-22(8-12-24)30(35)39-26-15-13-25(14-16-26)38-29(34)21-5-9-23(10-6-21)31-27(32)17-18-28(31)33/h2,5-18H,1,3-4,19-20H2. The van der Waals surface area contributed by atoms with Gasteiger partial charge in [-0.25, -0.2) is 14.5 Å². The molecule has 1 heterocycles. The smallest absolute Gasteiger partial charge is 0.343 e. The van der Waals surface area contributed by atoms with E-state index in [4.69, 9.17) is 18.9 Å². The molecule has 9 heteroatoms. The van der Waals surface area contributed by atoms with Crippen molar-refractivity contribution < 1.29 is 38.1 Å². The van der Waals surface area contributed by atoms with Crippen LogP contribution in [0.25, 0.3) is 0 Å². The zero-order valence-corrected chi connectivity index (χ0v) is 20.9. The Kier molecular flexibility index (Phi) is 8.87. The molecule has 1 aliphatic heterocycles. The molecule has 0 saturated carbocycles. The van der Waals surface area contributed by atoms with Crippen molar-refractivity contribution >= 4 is 29.4 Å². The average molecular weight is 528 g/mol. The second-order valence-electron chi connectivity index (χ2n) is 8.26. The summed E-state index contributed by atoms with van der Waals surface area (Å²) in [7, 11) is 0. The van der Waals surface area contributed by atoms with Gasteiger partial charge in [-0.1, -0.05) is 6.58 Å². The fourth-order valence-corrected chi connectivity index (χ4v) is 3.56. The highest BCUT2D eigenvalue weighted by molar-refractivity contribution is 6.28. The third-order valence-corrected chi connectivity index (χ3v) is 5.55. The molecule has 9 nitrogen and oxygen atoms in total. The van der Waals surface area contributed by atoms with E-state index < -0.39 is 23.8 Å². The lowest BCUT2D eigenvalue weighted by Gasteiger charge is -2.14. The van der Waals surface area contributed by atoms with Crippen molar-refractivity contribution in [1.82, 2.24) is 0 Å². The van der Waals surface area contributed by atoms with E-state index in [0.29, 0.717) is 30.2 Å². The zero-order valence-electron chi connectivity index (χ0n) is 20.9. The predicted molar refractivity (Wildman–Crippen MR) is 142 cm³/mol. The van der Waals surface area contributed by atoms with E-state index in [-0.39, 0.29) is 17.1 Å². The Morgan fingerprint density at radius 3 is 1.64 bits per heavy atom. The summed E-state index contributed by atoms with van der Waals surface area (Å²) in [5, 5.41) is 0. The number of amides is 2. The SMILES string of the molecule is C=COCCCCOc1ccc(C(=O)Oc2ccc(OC(=O)c3ccc(N4C(=O)C=CC4=O)cc3)cc2)cc1. The van der Waals surface area contributed by atoms with E-state index in [2.05, 4.69) is 6.58 Å². The van der Waals surface area contributed by atoms with Crippen LogP contribution in [0, 0.1) is 0 Å². The number of anilines is 1. The number of carbonyl (C=O) groups is 4. The molecule has 3 aromatic rings. The number of esters is 2. The molecule has 0 saturated heterocycles. The monoisotopic (exact) mass is 527 g/mol. The molecule has 0 atom stereocenters. The summed E-state index contributed by atoms with van der Waals surface area (Å²) in [5.41, 5.74) is 0.939. The van der Waals surface area contributed by atoms with Crippen LogP contribution in [-0.2, 0) is 14.3 Å². The van der Waals surface area contributed by atoms with Crippen LogP contribution in [0.1, 0.15) is 33.6 Å². The molecule has 0 aromatic heterocycles. The number of nitrogens with zero attached hydrogens (tertiary/aromatic N) is 1. The third-order valence-electron chi connectivity index (χ3n) is 5.55. The number of unbranched alkanes of at least 4 members (excludes halogenated alkanes) is 1. The van der Waals surface area contributed by atoms with Crippen LogP contribution < -0.4 is 19.1 Å². The van der Waals surface area contributed by atoms with Gasteiger partial charge in [0.05, 0.1) is 36.3 Å². The van der Waals surface area contributed by atoms with Crippen molar-refractivity contribution in [2.45, 2.75) is 12.8 Å². The Hall–Kier alpha value is -5.18. The first-order valence-electron chi connectivity index (χ1n) is 12.1. The van der Waals surface area contributed by atoms with E-state index in [1.165, 1.54) is 66.9 Å². The molecule has 0 fully saturated rings.